The van der Waals surface area contributed by atoms with E-state index in [4.69, 9.17) is 0 Å². The smallest absolute Gasteiger partial charge is 0.0136 e. The average molecular weight is 229 g/mol. The zero-order valence-corrected chi connectivity index (χ0v) is 10.6. The third kappa shape index (κ3) is 2.90. The molecule has 2 aliphatic carbocycles. The van der Waals surface area contributed by atoms with Crippen LogP contribution in [0.5, 0.6) is 0 Å². The van der Waals surface area contributed by atoms with Crippen molar-refractivity contribution >= 4 is 0 Å². The minimum absolute atomic E-state index is 0.728. The summed E-state index contributed by atoms with van der Waals surface area (Å²) in [5.41, 5.74) is 1.54. The van der Waals surface area contributed by atoms with Gasteiger partial charge in [-0.25, -0.2) is 0 Å². The maximum Gasteiger partial charge on any atom is 0.0136 e. The fourth-order valence-corrected chi connectivity index (χ4v) is 3.11. The second-order valence-corrected chi connectivity index (χ2v) is 5.76. The van der Waals surface area contributed by atoms with Crippen LogP contribution in [0.15, 0.2) is 30.3 Å². The van der Waals surface area contributed by atoms with Crippen LogP contribution in [0.2, 0.25) is 0 Å². The highest BCUT2D eigenvalue weighted by molar-refractivity contribution is 5.22. The Bertz CT molecular complexity index is 342. The molecule has 1 nitrogen and oxygen atoms in total. The lowest BCUT2D eigenvalue weighted by Crippen LogP contribution is -2.38. The lowest BCUT2D eigenvalue weighted by molar-refractivity contribution is 0.324. The Labute approximate surface area is 105 Å². The van der Waals surface area contributed by atoms with E-state index in [2.05, 4.69) is 35.6 Å². The minimum Gasteiger partial charge on any atom is -0.313 e. The molecule has 3 rings (SSSR count). The van der Waals surface area contributed by atoms with Crippen molar-refractivity contribution in [1.82, 2.24) is 5.32 Å². The number of rotatable bonds is 4. The third-order valence-corrected chi connectivity index (χ3v) is 4.36. The molecule has 2 aliphatic rings. The zero-order valence-electron chi connectivity index (χ0n) is 10.6. The van der Waals surface area contributed by atoms with Crippen LogP contribution in [0.3, 0.4) is 0 Å². The van der Waals surface area contributed by atoms with Gasteiger partial charge in [-0.1, -0.05) is 43.2 Å². The highest BCUT2D eigenvalue weighted by atomic mass is 14.9. The van der Waals surface area contributed by atoms with Crippen LogP contribution in [-0.4, -0.2) is 12.6 Å². The zero-order chi connectivity index (χ0) is 11.5. The summed E-state index contributed by atoms with van der Waals surface area (Å²) < 4.78 is 0. The standard InChI is InChI=1S/C16H23N/c1-2-6-14(7-3-1)15-8-4-5-9-16(15)17-12-13-10-11-13/h1-3,6-7,13,15-17H,4-5,8-12H2. The largest absolute Gasteiger partial charge is 0.313 e. The Balaban J connectivity index is 1.66. The van der Waals surface area contributed by atoms with Crippen molar-refractivity contribution < 1.29 is 0 Å². The Morgan fingerprint density at radius 3 is 2.47 bits per heavy atom. The van der Waals surface area contributed by atoms with Gasteiger partial charge in [-0.2, -0.15) is 0 Å². The van der Waals surface area contributed by atoms with Crippen LogP contribution in [-0.2, 0) is 0 Å². The lowest BCUT2D eigenvalue weighted by atomic mass is 9.80. The molecule has 92 valence electrons. The second kappa shape index (κ2) is 5.22. The van der Waals surface area contributed by atoms with E-state index in [0.717, 1.165) is 17.9 Å². The van der Waals surface area contributed by atoms with Crippen LogP contribution in [0.1, 0.15) is 50.0 Å². The van der Waals surface area contributed by atoms with Gasteiger partial charge in [0.1, 0.15) is 0 Å². The summed E-state index contributed by atoms with van der Waals surface area (Å²) in [7, 11) is 0. The minimum atomic E-state index is 0.728. The van der Waals surface area contributed by atoms with Gasteiger partial charge in [0, 0.05) is 6.04 Å². The topological polar surface area (TPSA) is 12.0 Å². The van der Waals surface area contributed by atoms with E-state index in [1.54, 1.807) is 5.56 Å². The molecule has 2 atom stereocenters. The molecule has 0 heterocycles. The Morgan fingerprint density at radius 2 is 1.71 bits per heavy atom. The van der Waals surface area contributed by atoms with Gasteiger partial charge in [0.15, 0.2) is 0 Å². The number of benzene rings is 1. The van der Waals surface area contributed by atoms with E-state index in [-0.39, 0.29) is 0 Å². The summed E-state index contributed by atoms with van der Waals surface area (Å²) >= 11 is 0. The molecule has 2 unspecified atom stereocenters. The predicted octanol–water partition coefficient (Wildman–Crippen LogP) is 3.71. The van der Waals surface area contributed by atoms with Crippen LogP contribution in [0, 0.1) is 5.92 Å². The van der Waals surface area contributed by atoms with Gasteiger partial charge >= 0.3 is 0 Å². The van der Waals surface area contributed by atoms with Crippen LogP contribution in [0.25, 0.3) is 0 Å². The summed E-state index contributed by atoms with van der Waals surface area (Å²) in [6.07, 6.45) is 8.46. The quantitative estimate of drug-likeness (QED) is 0.830. The fourth-order valence-electron chi connectivity index (χ4n) is 3.11. The van der Waals surface area contributed by atoms with Gasteiger partial charge < -0.3 is 5.32 Å². The van der Waals surface area contributed by atoms with Gasteiger partial charge in [-0.05, 0) is 49.6 Å². The summed E-state index contributed by atoms with van der Waals surface area (Å²) in [4.78, 5) is 0. The number of nitrogens with one attached hydrogen (secondary N) is 1. The van der Waals surface area contributed by atoms with Crippen molar-refractivity contribution in [3.8, 4) is 0 Å². The molecule has 0 aliphatic heterocycles. The predicted molar refractivity (Wildman–Crippen MR) is 72.2 cm³/mol. The summed E-state index contributed by atoms with van der Waals surface area (Å²) in [6, 6.07) is 11.8. The van der Waals surface area contributed by atoms with Crippen molar-refractivity contribution in [3.63, 3.8) is 0 Å². The maximum absolute atomic E-state index is 3.83. The summed E-state index contributed by atoms with van der Waals surface area (Å²) in [5.74, 6) is 1.75. The van der Waals surface area contributed by atoms with Crippen molar-refractivity contribution in [2.24, 2.45) is 5.92 Å². The van der Waals surface area contributed by atoms with E-state index in [1.165, 1.54) is 45.1 Å². The van der Waals surface area contributed by atoms with Crippen LogP contribution >= 0.6 is 0 Å². The molecule has 1 heteroatoms. The van der Waals surface area contributed by atoms with Crippen LogP contribution in [0.4, 0.5) is 0 Å². The van der Waals surface area contributed by atoms with E-state index in [9.17, 15) is 0 Å². The van der Waals surface area contributed by atoms with Crippen LogP contribution < -0.4 is 5.32 Å². The van der Waals surface area contributed by atoms with Crippen molar-refractivity contribution in [3.05, 3.63) is 35.9 Å². The summed E-state index contributed by atoms with van der Waals surface area (Å²) in [5, 5.41) is 3.83. The first-order valence-corrected chi connectivity index (χ1v) is 7.22. The molecule has 1 aromatic rings. The molecule has 2 fully saturated rings. The molecule has 0 saturated heterocycles. The molecular weight excluding hydrogens is 206 g/mol. The second-order valence-electron chi connectivity index (χ2n) is 5.76. The highest BCUT2D eigenvalue weighted by Crippen LogP contribution is 2.34. The molecule has 1 N–H and O–H groups in total. The monoisotopic (exact) mass is 229 g/mol. The van der Waals surface area contributed by atoms with E-state index in [0.29, 0.717) is 0 Å². The fraction of sp³-hybridized carbons (Fsp3) is 0.625. The number of hydrogen-bond donors (Lipinski definition) is 1. The van der Waals surface area contributed by atoms with Crippen molar-refractivity contribution in [2.45, 2.75) is 50.5 Å². The van der Waals surface area contributed by atoms with Crippen molar-refractivity contribution in [1.29, 1.82) is 0 Å². The highest BCUT2D eigenvalue weighted by Gasteiger charge is 2.28. The number of hydrogen-bond acceptors (Lipinski definition) is 1. The van der Waals surface area contributed by atoms with Gasteiger partial charge in [-0.15, -0.1) is 0 Å². The molecule has 2 saturated carbocycles. The van der Waals surface area contributed by atoms with Crippen molar-refractivity contribution in [2.75, 3.05) is 6.54 Å². The first kappa shape index (κ1) is 11.3. The Hall–Kier alpha value is -0.820. The van der Waals surface area contributed by atoms with E-state index in [1.807, 2.05) is 0 Å². The third-order valence-electron chi connectivity index (χ3n) is 4.36. The molecule has 0 radical (unpaired) electrons. The Morgan fingerprint density at radius 1 is 0.941 bits per heavy atom. The molecule has 1 aromatic carbocycles. The average Bonchev–Trinajstić information content (AvgIpc) is 3.22. The Kier molecular flexibility index (Phi) is 3.46. The van der Waals surface area contributed by atoms with Gasteiger partial charge in [0.05, 0.1) is 0 Å². The van der Waals surface area contributed by atoms with Gasteiger partial charge in [0.2, 0.25) is 0 Å². The normalized spacial score (nSPS) is 29.2. The lowest BCUT2D eigenvalue weighted by Gasteiger charge is -2.33. The molecule has 0 aromatic heterocycles. The van der Waals surface area contributed by atoms with Gasteiger partial charge in [0.25, 0.3) is 0 Å². The van der Waals surface area contributed by atoms with Gasteiger partial charge in [-0.3, -0.25) is 0 Å². The first-order valence-electron chi connectivity index (χ1n) is 7.22. The summed E-state index contributed by atoms with van der Waals surface area (Å²) in [6.45, 7) is 1.26. The molecule has 0 amide bonds. The molecule has 0 bridgehead atoms. The maximum atomic E-state index is 3.83. The van der Waals surface area contributed by atoms with E-state index < -0.39 is 0 Å². The molecular formula is C16H23N. The first-order chi connectivity index (χ1) is 8.43. The molecule has 17 heavy (non-hydrogen) atoms. The van der Waals surface area contributed by atoms with E-state index >= 15 is 0 Å². The molecule has 0 spiro atoms. The SMILES string of the molecule is c1ccc(C2CCCCC2NCC2CC2)cc1.